The Balaban J connectivity index is 1.66. The second-order valence-corrected chi connectivity index (χ2v) is 15.6. The molecule has 6 atom stereocenters. The van der Waals surface area contributed by atoms with Crippen LogP contribution in [0, 0.1) is 34.5 Å². The number of Topliss-reactive ketones (excluding diaryl/α,β-unsaturated/α-hetero) is 1. The van der Waals surface area contributed by atoms with Gasteiger partial charge >= 0.3 is 0 Å². The van der Waals surface area contributed by atoms with Crippen LogP contribution < -0.4 is 0 Å². The van der Waals surface area contributed by atoms with Gasteiger partial charge in [-0.1, -0.05) is 29.3 Å². The van der Waals surface area contributed by atoms with E-state index in [2.05, 4.69) is 0 Å². The molecule has 172 valence electrons. The van der Waals surface area contributed by atoms with Crippen LogP contribution in [-0.4, -0.2) is 39.4 Å². The molecule has 0 saturated heterocycles. The third kappa shape index (κ3) is 2.32. The Morgan fingerprint density at radius 3 is 1.69 bits per heavy atom. The fourth-order valence-corrected chi connectivity index (χ4v) is 14.1. The van der Waals surface area contributed by atoms with E-state index in [-0.39, 0.29) is 22.5 Å². The maximum atomic E-state index is 14.2. The van der Waals surface area contributed by atoms with E-state index in [1.807, 2.05) is 0 Å². The van der Waals surface area contributed by atoms with E-state index >= 15 is 0 Å². The minimum Gasteiger partial charge on any atom is -0.298 e. The van der Waals surface area contributed by atoms with Gasteiger partial charge in [-0.2, -0.15) is 0 Å². The number of carbonyl (C=O) groups excluding carboxylic acids is 1. The van der Waals surface area contributed by atoms with Gasteiger partial charge in [-0.15, -0.1) is 0 Å². The van der Waals surface area contributed by atoms with Crippen molar-refractivity contribution in [1.29, 1.82) is 0 Å². The first kappa shape index (κ1) is 21.1. The Kier molecular flexibility index (Phi) is 4.05. The zero-order valence-corrected chi connectivity index (χ0v) is 20.4. The van der Waals surface area contributed by atoms with Crippen LogP contribution in [0.1, 0.15) is 46.0 Å². The lowest BCUT2D eigenvalue weighted by Crippen LogP contribution is -2.52. The van der Waals surface area contributed by atoms with E-state index in [1.165, 1.54) is 18.6 Å². The summed E-state index contributed by atoms with van der Waals surface area (Å²) in [7, 11) is -7.89. The van der Waals surface area contributed by atoms with Crippen molar-refractivity contribution in [2.45, 2.75) is 61.3 Å². The van der Waals surface area contributed by atoms with Gasteiger partial charge in [-0.3, -0.25) is 4.79 Å². The standard InChI is InChI=1S/C25H30O5S2/c1-24-19-16-10-14-9-15(11-16)13-17(12-14)20(19)25(2,23(24)26)22(21(24)31(3,27)28)32(29,30)18-7-5-4-6-8-18/h4-8,14-17,21-22H,9-13H2,1-3H3. The number of rotatable bonds is 3. The molecule has 0 N–H and O–H groups in total. The first-order valence-corrected chi connectivity index (χ1v) is 15.2. The topological polar surface area (TPSA) is 85.3 Å². The fourth-order valence-electron chi connectivity index (χ4n) is 9.01. The maximum absolute atomic E-state index is 14.2. The normalized spacial score (nSPS) is 44.8. The summed E-state index contributed by atoms with van der Waals surface area (Å²) in [6, 6.07) is 8.08. The lowest BCUT2D eigenvalue weighted by Gasteiger charge is -2.42. The molecule has 6 aliphatic carbocycles. The fraction of sp³-hybridized carbons (Fsp3) is 0.640. The molecule has 1 aromatic rings. The number of sulfone groups is 2. The monoisotopic (exact) mass is 474 g/mol. The molecule has 0 amide bonds. The zero-order valence-electron chi connectivity index (χ0n) is 18.7. The van der Waals surface area contributed by atoms with Gasteiger partial charge < -0.3 is 0 Å². The van der Waals surface area contributed by atoms with E-state index in [0.717, 1.165) is 43.1 Å². The molecule has 7 rings (SSSR count). The molecular weight excluding hydrogens is 444 g/mol. The van der Waals surface area contributed by atoms with Gasteiger partial charge in [-0.25, -0.2) is 16.8 Å². The van der Waals surface area contributed by atoms with Crippen molar-refractivity contribution in [2.24, 2.45) is 34.5 Å². The maximum Gasteiger partial charge on any atom is 0.183 e. The largest absolute Gasteiger partial charge is 0.298 e. The highest BCUT2D eigenvalue weighted by atomic mass is 32.2. The Labute approximate surface area is 190 Å². The minimum atomic E-state index is -4.06. The van der Waals surface area contributed by atoms with Crippen LogP contribution in [0.5, 0.6) is 0 Å². The predicted molar refractivity (Wildman–Crippen MR) is 121 cm³/mol. The SMILES string of the molecule is CC12C(=O)C(C)(C3=C1C1CC4CC(C1)CC3C4)C(S(=O)(=O)c1ccccc1)C2S(C)(=O)=O. The highest BCUT2D eigenvalue weighted by molar-refractivity contribution is 7.96. The number of fused-ring (bicyclic) bond motifs is 2. The Morgan fingerprint density at radius 1 is 0.750 bits per heavy atom. The molecule has 0 spiro atoms. The Bertz CT molecular complexity index is 1260. The molecule has 6 bridgehead atoms. The number of benzene rings is 1. The van der Waals surface area contributed by atoms with Gasteiger partial charge in [0.05, 0.1) is 26.2 Å². The van der Waals surface area contributed by atoms with Crippen molar-refractivity contribution in [1.82, 2.24) is 0 Å². The summed E-state index contributed by atoms with van der Waals surface area (Å²) < 4.78 is 54.7. The van der Waals surface area contributed by atoms with Crippen molar-refractivity contribution < 1.29 is 21.6 Å². The molecule has 0 radical (unpaired) electrons. The number of hydrogen-bond donors (Lipinski definition) is 0. The molecule has 0 aromatic heterocycles. The molecule has 0 heterocycles. The molecule has 5 nitrogen and oxygen atoms in total. The van der Waals surface area contributed by atoms with E-state index in [1.54, 1.807) is 32.0 Å². The molecule has 6 aliphatic rings. The van der Waals surface area contributed by atoms with Gasteiger partial charge in [-0.05, 0) is 81.8 Å². The number of carbonyl (C=O) groups is 1. The highest BCUT2D eigenvalue weighted by Crippen LogP contribution is 2.72. The third-order valence-corrected chi connectivity index (χ3v) is 13.8. The van der Waals surface area contributed by atoms with E-state index in [4.69, 9.17) is 0 Å². The van der Waals surface area contributed by atoms with Gasteiger partial charge in [0.15, 0.2) is 25.5 Å². The molecule has 6 unspecified atom stereocenters. The number of allylic oxidation sites excluding steroid dienone is 2. The third-order valence-electron chi connectivity index (χ3n) is 9.59. The molecule has 3 fully saturated rings. The molecule has 3 saturated carbocycles. The lowest BCUT2D eigenvalue weighted by atomic mass is 9.63. The van der Waals surface area contributed by atoms with E-state index in [0.29, 0.717) is 11.8 Å². The van der Waals surface area contributed by atoms with E-state index in [9.17, 15) is 21.6 Å². The molecule has 7 heteroatoms. The smallest absolute Gasteiger partial charge is 0.183 e. The highest BCUT2D eigenvalue weighted by Gasteiger charge is 2.79. The van der Waals surface area contributed by atoms with Crippen LogP contribution in [-0.2, 0) is 24.5 Å². The summed E-state index contributed by atoms with van der Waals surface area (Å²) in [5.74, 6) is 1.44. The first-order chi connectivity index (χ1) is 14.9. The van der Waals surface area contributed by atoms with Crippen molar-refractivity contribution in [3.05, 3.63) is 41.5 Å². The van der Waals surface area contributed by atoms with Crippen LogP contribution in [0.3, 0.4) is 0 Å². The quantitative estimate of drug-likeness (QED) is 0.625. The molecule has 32 heavy (non-hydrogen) atoms. The van der Waals surface area contributed by atoms with Crippen molar-refractivity contribution in [3.63, 3.8) is 0 Å². The summed E-state index contributed by atoms with van der Waals surface area (Å²) in [6.07, 6.45) is 6.37. The summed E-state index contributed by atoms with van der Waals surface area (Å²) >= 11 is 0. The van der Waals surface area contributed by atoms with Crippen LogP contribution in [0.4, 0.5) is 0 Å². The Hall–Kier alpha value is -1.47. The van der Waals surface area contributed by atoms with Crippen LogP contribution in [0.25, 0.3) is 0 Å². The van der Waals surface area contributed by atoms with Crippen LogP contribution in [0.15, 0.2) is 46.4 Å². The summed E-state index contributed by atoms with van der Waals surface area (Å²) in [5, 5.41) is -2.52. The number of ketones is 1. The summed E-state index contributed by atoms with van der Waals surface area (Å²) in [4.78, 5) is 14.3. The zero-order chi connectivity index (χ0) is 22.8. The number of hydrogen-bond acceptors (Lipinski definition) is 5. The van der Waals surface area contributed by atoms with Crippen molar-refractivity contribution in [3.8, 4) is 0 Å². The Morgan fingerprint density at radius 2 is 1.22 bits per heavy atom. The second kappa shape index (κ2) is 6.15. The van der Waals surface area contributed by atoms with Crippen molar-refractivity contribution >= 4 is 25.5 Å². The lowest BCUT2D eigenvalue weighted by molar-refractivity contribution is -0.128. The van der Waals surface area contributed by atoms with Gasteiger partial charge in [0.25, 0.3) is 0 Å². The second-order valence-electron chi connectivity index (χ2n) is 11.4. The first-order valence-electron chi connectivity index (χ1n) is 11.7. The minimum absolute atomic E-state index is 0.102. The average molecular weight is 475 g/mol. The summed E-state index contributed by atoms with van der Waals surface area (Å²) in [6.45, 7) is 3.52. The molecular formula is C25H30O5S2. The average Bonchev–Trinajstić information content (AvgIpc) is 2.89. The van der Waals surface area contributed by atoms with Crippen molar-refractivity contribution in [2.75, 3.05) is 6.26 Å². The van der Waals surface area contributed by atoms with Gasteiger partial charge in [0, 0.05) is 6.26 Å². The molecule has 1 aromatic carbocycles. The van der Waals surface area contributed by atoms with Crippen LogP contribution in [0.2, 0.25) is 0 Å². The summed E-state index contributed by atoms with van der Waals surface area (Å²) in [5.41, 5.74) is -0.496. The predicted octanol–water partition coefficient (Wildman–Crippen LogP) is 3.60. The van der Waals surface area contributed by atoms with Gasteiger partial charge in [0.1, 0.15) is 0 Å². The molecule has 0 aliphatic heterocycles. The van der Waals surface area contributed by atoms with E-state index < -0.39 is 41.0 Å². The van der Waals surface area contributed by atoms with Gasteiger partial charge in [0.2, 0.25) is 0 Å². The van der Waals surface area contributed by atoms with Crippen LogP contribution >= 0.6 is 0 Å².